The van der Waals surface area contributed by atoms with Crippen LogP contribution >= 0.6 is 0 Å². The van der Waals surface area contributed by atoms with Crippen LogP contribution in [-0.4, -0.2) is 14.5 Å². The van der Waals surface area contributed by atoms with Crippen LogP contribution in [-0.2, 0) is 0 Å². The molecule has 0 saturated carbocycles. The van der Waals surface area contributed by atoms with Gasteiger partial charge in [-0.3, -0.25) is 0 Å². The molecule has 3 nitrogen and oxygen atoms in total. The third kappa shape index (κ3) is 5.05. The predicted octanol–water partition coefficient (Wildman–Crippen LogP) is 13.7. The van der Waals surface area contributed by atoms with E-state index in [0.717, 1.165) is 39.2 Å². The molecule has 11 rings (SSSR count). The molecule has 0 bridgehead atoms. The molecule has 2 heterocycles. The normalized spacial score (nSPS) is 11.6. The number of nitrogens with zero attached hydrogens (tertiary/aromatic N) is 3. The standard InChI is InChI=1S/C52H33N3/c1-3-16-36(17-4-1)49-42-23-9-10-24-43(42)51(50-39-20-8-7-15-34(39)29-32-44(49)50)46-33-45(53-52(54-46)37-18-5-2-6-19-37)35-27-30-38(31-28-35)55-47-25-13-11-21-40(47)41-22-12-14-26-48(41)55/h1-33H. The first kappa shape index (κ1) is 31.2. The minimum Gasteiger partial charge on any atom is -0.309 e. The Bertz CT molecular complexity index is 3180. The Balaban J connectivity index is 1.18. The van der Waals surface area contributed by atoms with Crippen molar-refractivity contribution in [1.82, 2.24) is 14.5 Å². The highest BCUT2D eigenvalue weighted by molar-refractivity contribution is 6.27. The molecule has 11 aromatic rings. The molecule has 9 aromatic carbocycles. The van der Waals surface area contributed by atoms with E-state index >= 15 is 0 Å². The van der Waals surface area contributed by atoms with Crippen LogP contribution in [0.25, 0.3) is 105 Å². The van der Waals surface area contributed by atoms with E-state index in [-0.39, 0.29) is 0 Å². The molecule has 0 N–H and O–H groups in total. The summed E-state index contributed by atoms with van der Waals surface area (Å²) in [6.07, 6.45) is 0. The Kier molecular flexibility index (Phi) is 7.17. The lowest BCUT2D eigenvalue weighted by Gasteiger charge is -2.19. The Morgan fingerprint density at radius 2 is 0.855 bits per heavy atom. The zero-order chi connectivity index (χ0) is 36.3. The fourth-order valence-corrected chi connectivity index (χ4v) is 8.55. The second-order valence-electron chi connectivity index (χ2n) is 14.1. The number of aromatic nitrogens is 3. The fourth-order valence-electron chi connectivity index (χ4n) is 8.55. The predicted molar refractivity (Wildman–Crippen MR) is 231 cm³/mol. The van der Waals surface area contributed by atoms with E-state index in [9.17, 15) is 0 Å². The molecule has 0 spiro atoms. The minimum absolute atomic E-state index is 0.698. The van der Waals surface area contributed by atoms with Gasteiger partial charge in [0, 0.05) is 38.5 Å². The van der Waals surface area contributed by atoms with Gasteiger partial charge in [-0.25, -0.2) is 9.97 Å². The molecule has 2 aromatic heterocycles. The molecule has 256 valence electrons. The van der Waals surface area contributed by atoms with Crippen LogP contribution in [0.3, 0.4) is 0 Å². The molecular formula is C52H33N3. The minimum atomic E-state index is 0.698. The van der Waals surface area contributed by atoms with Crippen LogP contribution in [0.4, 0.5) is 0 Å². The molecule has 0 saturated heterocycles. The Hall–Kier alpha value is -7.36. The number of fused-ring (bicyclic) bond motifs is 7. The number of hydrogen-bond acceptors (Lipinski definition) is 2. The van der Waals surface area contributed by atoms with Crippen molar-refractivity contribution in [2.45, 2.75) is 0 Å². The zero-order valence-electron chi connectivity index (χ0n) is 29.9. The molecule has 55 heavy (non-hydrogen) atoms. The highest BCUT2D eigenvalue weighted by Gasteiger charge is 2.21. The number of hydrogen-bond donors (Lipinski definition) is 0. The van der Waals surface area contributed by atoms with E-state index in [2.05, 4.69) is 199 Å². The van der Waals surface area contributed by atoms with Crippen LogP contribution in [0.15, 0.2) is 200 Å². The summed E-state index contributed by atoms with van der Waals surface area (Å²) in [6, 6.07) is 71.4. The first-order valence-electron chi connectivity index (χ1n) is 18.8. The van der Waals surface area contributed by atoms with E-state index < -0.39 is 0 Å². The van der Waals surface area contributed by atoms with Gasteiger partial charge in [-0.2, -0.15) is 0 Å². The molecule has 3 heteroatoms. The summed E-state index contributed by atoms with van der Waals surface area (Å²) in [5.74, 6) is 0.698. The first-order valence-corrected chi connectivity index (χ1v) is 18.8. The topological polar surface area (TPSA) is 30.7 Å². The largest absolute Gasteiger partial charge is 0.309 e. The van der Waals surface area contributed by atoms with Crippen LogP contribution < -0.4 is 0 Å². The van der Waals surface area contributed by atoms with Crippen molar-refractivity contribution in [3.63, 3.8) is 0 Å². The molecule has 0 aliphatic rings. The van der Waals surface area contributed by atoms with E-state index in [1.807, 2.05) is 6.07 Å². The van der Waals surface area contributed by atoms with Crippen LogP contribution in [0.1, 0.15) is 0 Å². The fraction of sp³-hybridized carbons (Fsp3) is 0. The Morgan fingerprint density at radius 3 is 1.53 bits per heavy atom. The summed E-state index contributed by atoms with van der Waals surface area (Å²) in [6.45, 7) is 0. The lowest BCUT2D eigenvalue weighted by molar-refractivity contribution is 1.17. The average molecular weight is 700 g/mol. The monoisotopic (exact) mass is 699 g/mol. The van der Waals surface area contributed by atoms with Gasteiger partial charge in [0.2, 0.25) is 0 Å². The maximum Gasteiger partial charge on any atom is 0.160 e. The SMILES string of the molecule is c1ccc(-c2nc(-c3ccc(-n4c5ccccc5c5ccccc54)cc3)cc(-c3c4ccccc4c(-c4ccccc4)c4ccc5ccccc5c34)n2)cc1. The van der Waals surface area contributed by atoms with Gasteiger partial charge < -0.3 is 4.57 Å². The third-order valence-electron chi connectivity index (χ3n) is 11.0. The summed E-state index contributed by atoms with van der Waals surface area (Å²) in [5.41, 5.74) is 10.8. The molecule has 0 fully saturated rings. The smallest absolute Gasteiger partial charge is 0.160 e. The second kappa shape index (κ2) is 12.6. The molecular weight excluding hydrogens is 667 g/mol. The van der Waals surface area contributed by atoms with Crippen molar-refractivity contribution in [3.8, 4) is 50.7 Å². The van der Waals surface area contributed by atoms with Crippen molar-refractivity contribution in [2.75, 3.05) is 0 Å². The Labute approximate surface area is 318 Å². The van der Waals surface area contributed by atoms with Crippen molar-refractivity contribution in [3.05, 3.63) is 200 Å². The molecule has 0 atom stereocenters. The number of benzene rings is 9. The maximum atomic E-state index is 5.42. The van der Waals surface area contributed by atoms with E-state index in [1.54, 1.807) is 0 Å². The van der Waals surface area contributed by atoms with Crippen molar-refractivity contribution in [2.24, 2.45) is 0 Å². The van der Waals surface area contributed by atoms with Gasteiger partial charge >= 0.3 is 0 Å². The summed E-state index contributed by atoms with van der Waals surface area (Å²) < 4.78 is 2.35. The molecule has 0 unspecified atom stereocenters. The van der Waals surface area contributed by atoms with Gasteiger partial charge in [-0.15, -0.1) is 0 Å². The Morgan fingerprint density at radius 1 is 0.327 bits per heavy atom. The lowest BCUT2D eigenvalue weighted by atomic mass is 9.85. The number of rotatable bonds is 5. The quantitative estimate of drug-likeness (QED) is 0.132. The molecule has 0 aliphatic heterocycles. The lowest BCUT2D eigenvalue weighted by Crippen LogP contribution is -1.99. The molecule has 0 amide bonds. The summed E-state index contributed by atoms with van der Waals surface area (Å²) >= 11 is 0. The summed E-state index contributed by atoms with van der Waals surface area (Å²) in [5, 5.41) is 9.66. The first-order chi connectivity index (χ1) is 27.3. The van der Waals surface area contributed by atoms with Crippen LogP contribution in [0.2, 0.25) is 0 Å². The van der Waals surface area contributed by atoms with Gasteiger partial charge in [-0.05, 0) is 68.4 Å². The van der Waals surface area contributed by atoms with Crippen molar-refractivity contribution in [1.29, 1.82) is 0 Å². The van der Waals surface area contributed by atoms with Gasteiger partial charge in [0.05, 0.1) is 22.4 Å². The van der Waals surface area contributed by atoms with Gasteiger partial charge in [0.25, 0.3) is 0 Å². The highest BCUT2D eigenvalue weighted by atomic mass is 15.0. The summed E-state index contributed by atoms with van der Waals surface area (Å²) in [4.78, 5) is 10.7. The van der Waals surface area contributed by atoms with E-state index in [0.29, 0.717) is 5.82 Å². The van der Waals surface area contributed by atoms with Crippen LogP contribution in [0.5, 0.6) is 0 Å². The molecule has 0 aliphatic carbocycles. The van der Waals surface area contributed by atoms with Gasteiger partial charge in [0.15, 0.2) is 5.82 Å². The average Bonchev–Trinajstić information content (AvgIpc) is 3.60. The van der Waals surface area contributed by atoms with Crippen LogP contribution in [0, 0.1) is 0 Å². The van der Waals surface area contributed by atoms with E-state index in [4.69, 9.17) is 9.97 Å². The third-order valence-corrected chi connectivity index (χ3v) is 11.0. The van der Waals surface area contributed by atoms with Gasteiger partial charge in [-0.1, -0.05) is 170 Å². The van der Waals surface area contributed by atoms with Gasteiger partial charge in [0.1, 0.15) is 0 Å². The maximum absolute atomic E-state index is 5.42. The molecule has 0 radical (unpaired) electrons. The van der Waals surface area contributed by atoms with Crippen molar-refractivity contribution < 1.29 is 0 Å². The highest BCUT2D eigenvalue weighted by Crippen LogP contribution is 2.46. The zero-order valence-corrected chi connectivity index (χ0v) is 29.9. The number of para-hydroxylation sites is 2. The van der Waals surface area contributed by atoms with Crippen molar-refractivity contribution >= 4 is 54.1 Å². The van der Waals surface area contributed by atoms with E-state index in [1.165, 1.54) is 59.9 Å². The second-order valence-corrected chi connectivity index (χ2v) is 14.1. The summed E-state index contributed by atoms with van der Waals surface area (Å²) in [7, 11) is 0.